The van der Waals surface area contributed by atoms with E-state index in [0.29, 0.717) is 17.1 Å². The van der Waals surface area contributed by atoms with Gasteiger partial charge in [0.05, 0.1) is 18.4 Å². The van der Waals surface area contributed by atoms with Crippen molar-refractivity contribution in [1.29, 1.82) is 0 Å². The van der Waals surface area contributed by atoms with E-state index in [1.54, 1.807) is 42.9 Å². The van der Waals surface area contributed by atoms with Crippen LogP contribution in [0.2, 0.25) is 0 Å². The molecule has 22 heavy (non-hydrogen) atoms. The van der Waals surface area contributed by atoms with Gasteiger partial charge in [-0.15, -0.1) is 0 Å². The van der Waals surface area contributed by atoms with E-state index in [-0.39, 0.29) is 12.4 Å². The first-order valence-corrected chi connectivity index (χ1v) is 6.53. The highest BCUT2D eigenvalue weighted by atomic mass is 16.3. The summed E-state index contributed by atoms with van der Waals surface area (Å²) in [5.74, 6) is 0.295. The molecule has 3 aromatic heterocycles. The van der Waals surface area contributed by atoms with E-state index < -0.39 is 5.91 Å². The summed E-state index contributed by atoms with van der Waals surface area (Å²) in [5.41, 5.74) is 13.6. The SMILES string of the molecule is NC(=O)Cc1cc(-c2cnc(N)nc2-c2ccco2)ccn1. The van der Waals surface area contributed by atoms with Crippen LogP contribution in [0.5, 0.6) is 0 Å². The number of pyridine rings is 1. The van der Waals surface area contributed by atoms with E-state index in [1.807, 2.05) is 0 Å². The third-order valence-electron chi connectivity index (χ3n) is 3.04. The number of carbonyl (C=O) groups is 1. The molecule has 0 aliphatic carbocycles. The Morgan fingerprint density at radius 1 is 1.27 bits per heavy atom. The maximum Gasteiger partial charge on any atom is 0.223 e. The van der Waals surface area contributed by atoms with E-state index in [4.69, 9.17) is 15.9 Å². The third kappa shape index (κ3) is 2.78. The zero-order valence-corrected chi connectivity index (χ0v) is 11.6. The van der Waals surface area contributed by atoms with Gasteiger partial charge in [0.25, 0.3) is 0 Å². The van der Waals surface area contributed by atoms with Crippen LogP contribution in [0.3, 0.4) is 0 Å². The molecule has 7 nitrogen and oxygen atoms in total. The van der Waals surface area contributed by atoms with E-state index >= 15 is 0 Å². The number of primary amides is 1. The molecule has 0 unspecified atom stereocenters. The first-order valence-electron chi connectivity index (χ1n) is 6.53. The van der Waals surface area contributed by atoms with Gasteiger partial charge in [-0.25, -0.2) is 9.97 Å². The zero-order chi connectivity index (χ0) is 15.5. The van der Waals surface area contributed by atoms with Crippen molar-refractivity contribution in [2.24, 2.45) is 5.73 Å². The van der Waals surface area contributed by atoms with E-state index in [2.05, 4.69) is 15.0 Å². The predicted molar refractivity (Wildman–Crippen MR) is 80.3 cm³/mol. The number of hydrogen-bond acceptors (Lipinski definition) is 6. The first-order chi connectivity index (χ1) is 10.6. The van der Waals surface area contributed by atoms with Gasteiger partial charge in [0.15, 0.2) is 5.76 Å². The third-order valence-corrected chi connectivity index (χ3v) is 3.04. The van der Waals surface area contributed by atoms with E-state index in [1.165, 1.54) is 0 Å². The van der Waals surface area contributed by atoms with Crippen molar-refractivity contribution in [2.45, 2.75) is 6.42 Å². The van der Waals surface area contributed by atoms with Crippen LogP contribution < -0.4 is 11.5 Å². The number of amides is 1. The molecule has 7 heteroatoms. The fourth-order valence-corrected chi connectivity index (χ4v) is 2.13. The minimum atomic E-state index is -0.440. The van der Waals surface area contributed by atoms with Crippen LogP contribution in [-0.4, -0.2) is 20.9 Å². The quantitative estimate of drug-likeness (QED) is 0.750. The maximum absolute atomic E-state index is 11.0. The predicted octanol–water partition coefficient (Wildman–Crippen LogP) is 1.41. The number of nitrogens with two attached hydrogens (primary N) is 2. The Kier molecular flexibility index (Phi) is 3.53. The minimum Gasteiger partial charge on any atom is -0.463 e. The topological polar surface area (TPSA) is 121 Å². The highest BCUT2D eigenvalue weighted by Crippen LogP contribution is 2.30. The number of aromatic nitrogens is 3. The molecule has 0 aromatic carbocycles. The van der Waals surface area contributed by atoms with Crippen molar-refractivity contribution in [1.82, 2.24) is 15.0 Å². The van der Waals surface area contributed by atoms with Crippen molar-refractivity contribution in [2.75, 3.05) is 5.73 Å². The summed E-state index contributed by atoms with van der Waals surface area (Å²) < 4.78 is 5.40. The molecule has 4 N–H and O–H groups in total. The number of rotatable bonds is 4. The second-order valence-corrected chi connectivity index (χ2v) is 4.65. The molecule has 3 aromatic rings. The first kappa shape index (κ1) is 13.7. The van der Waals surface area contributed by atoms with Crippen molar-refractivity contribution >= 4 is 11.9 Å². The summed E-state index contributed by atoms with van der Waals surface area (Å²) in [5, 5.41) is 0. The van der Waals surface area contributed by atoms with Gasteiger partial charge in [-0.05, 0) is 29.8 Å². The lowest BCUT2D eigenvalue weighted by molar-refractivity contribution is -0.117. The Hall–Kier alpha value is -3.22. The molecule has 0 aliphatic rings. The van der Waals surface area contributed by atoms with Crippen LogP contribution >= 0.6 is 0 Å². The summed E-state index contributed by atoms with van der Waals surface area (Å²) in [7, 11) is 0. The van der Waals surface area contributed by atoms with Crippen LogP contribution in [-0.2, 0) is 11.2 Å². The summed E-state index contributed by atoms with van der Waals surface area (Å²) >= 11 is 0. The van der Waals surface area contributed by atoms with Gasteiger partial charge < -0.3 is 15.9 Å². The lowest BCUT2D eigenvalue weighted by Crippen LogP contribution is -2.14. The van der Waals surface area contributed by atoms with Gasteiger partial charge in [-0.1, -0.05) is 0 Å². The van der Waals surface area contributed by atoms with Gasteiger partial charge in [0, 0.05) is 18.0 Å². The Morgan fingerprint density at radius 3 is 2.86 bits per heavy atom. The zero-order valence-electron chi connectivity index (χ0n) is 11.6. The largest absolute Gasteiger partial charge is 0.463 e. The van der Waals surface area contributed by atoms with Crippen molar-refractivity contribution < 1.29 is 9.21 Å². The standard InChI is InChI=1S/C15H13N5O2/c16-13(21)7-10-6-9(3-4-18-10)11-8-19-15(17)20-14(11)12-2-1-5-22-12/h1-6,8H,7H2,(H2,16,21)(H2,17,19,20). The molecular formula is C15H13N5O2. The molecule has 0 atom stereocenters. The smallest absolute Gasteiger partial charge is 0.223 e. The second-order valence-electron chi connectivity index (χ2n) is 4.65. The number of furan rings is 1. The highest BCUT2D eigenvalue weighted by molar-refractivity contribution is 5.80. The Balaban J connectivity index is 2.10. The van der Waals surface area contributed by atoms with Gasteiger partial charge in [-0.2, -0.15) is 0 Å². The summed E-state index contributed by atoms with van der Waals surface area (Å²) in [6.45, 7) is 0. The number of carbonyl (C=O) groups excluding carboxylic acids is 1. The Bertz CT molecular complexity index is 815. The van der Waals surface area contributed by atoms with Crippen LogP contribution in [0.25, 0.3) is 22.6 Å². The van der Waals surface area contributed by atoms with Crippen molar-refractivity contribution in [3.63, 3.8) is 0 Å². The molecule has 0 radical (unpaired) electrons. The lowest BCUT2D eigenvalue weighted by Gasteiger charge is -2.08. The molecule has 0 spiro atoms. The van der Waals surface area contributed by atoms with Crippen LogP contribution in [0.15, 0.2) is 47.3 Å². The molecule has 0 bridgehead atoms. The Labute approximate surface area is 126 Å². The molecule has 3 heterocycles. The minimum absolute atomic E-state index is 0.0692. The fourth-order valence-electron chi connectivity index (χ4n) is 2.13. The summed E-state index contributed by atoms with van der Waals surface area (Å²) in [4.78, 5) is 23.4. The van der Waals surface area contributed by atoms with Crippen LogP contribution in [0, 0.1) is 0 Å². The highest BCUT2D eigenvalue weighted by Gasteiger charge is 2.14. The molecule has 110 valence electrons. The number of nitrogen functional groups attached to an aromatic ring is 1. The molecule has 0 saturated heterocycles. The number of nitrogens with zero attached hydrogens (tertiary/aromatic N) is 3. The number of anilines is 1. The normalized spacial score (nSPS) is 10.5. The lowest BCUT2D eigenvalue weighted by atomic mass is 10.0. The molecule has 3 rings (SSSR count). The monoisotopic (exact) mass is 295 g/mol. The molecule has 0 aliphatic heterocycles. The summed E-state index contributed by atoms with van der Waals surface area (Å²) in [6.07, 6.45) is 4.85. The summed E-state index contributed by atoms with van der Waals surface area (Å²) in [6, 6.07) is 7.12. The molecule has 1 amide bonds. The average Bonchev–Trinajstić information content (AvgIpc) is 3.01. The number of hydrogen-bond donors (Lipinski definition) is 2. The molecule has 0 fully saturated rings. The second kappa shape index (κ2) is 5.65. The maximum atomic E-state index is 11.0. The molecular weight excluding hydrogens is 282 g/mol. The van der Waals surface area contributed by atoms with Gasteiger partial charge in [0.2, 0.25) is 11.9 Å². The van der Waals surface area contributed by atoms with E-state index in [0.717, 1.165) is 11.1 Å². The van der Waals surface area contributed by atoms with E-state index in [9.17, 15) is 4.79 Å². The van der Waals surface area contributed by atoms with Gasteiger partial charge in [0.1, 0.15) is 5.69 Å². The average molecular weight is 295 g/mol. The van der Waals surface area contributed by atoms with Crippen LogP contribution in [0.4, 0.5) is 5.95 Å². The fraction of sp³-hybridized carbons (Fsp3) is 0.0667. The van der Waals surface area contributed by atoms with Crippen LogP contribution in [0.1, 0.15) is 5.69 Å². The van der Waals surface area contributed by atoms with Gasteiger partial charge in [-0.3, -0.25) is 9.78 Å². The van der Waals surface area contributed by atoms with Crippen molar-refractivity contribution in [3.8, 4) is 22.6 Å². The molecule has 0 saturated carbocycles. The van der Waals surface area contributed by atoms with Gasteiger partial charge >= 0.3 is 0 Å². The Morgan fingerprint density at radius 2 is 2.14 bits per heavy atom. The van der Waals surface area contributed by atoms with Crippen molar-refractivity contribution in [3.05, 3.63) is 48.6 Å².